The Balaban J connectivity index is 0.000000236. The quantitative estimate of drug-likeness (QED) is 0.248. The van der Waals surface area contributed by atoms with Crippen LogP contribution in [0.5, 0.6) is 0 Å². The molecule has 0 aliphatic carbocycles. The van der Waals surface area contributed by atoms with Gasteiger partial charge in [0, 0.05) is 12.3 Å². The first-order valence-electron chi connectivity index (χ1n) is 10.4. The smallest absolute Gasteiger partial charge is 0.337 e. The molecule has 0 unspecified atom stereocenters. The Morgan fingerprint density at radius 1 is 0.778 bits per heavy atom. The molecule has 4 rings (SSSR count). The Hall–Kier alpha value is -5.25. The van der Waals surface area contributed by atoms with Gasteiger partial charge in [0.05, 0.1) is 27.3 Å². The minimum Gasteiger partial charge on any atom is -0.478 e. The van der Waals surface area contributed by atoms with Gasteiger partial charge in [-0.3, -0.25) is 10.1 Å². The van der Waals surface area contributed by atoms with Gasteiger partial charge < -0.3 is 19.9 Å². The first kappa shape index (κ1) is 25.4. The summed E-state index contributed by atoms with van der Waals surface area (Å²) in [6.45, 7) is 1.48. The van der Waals surface area contributed by atoms with Gasteiger partial charge in [-0.1, -0.05) is 48.5 Å². The fourth-order valence-corrected chi connectivity index (χ4v) is 3.53. The van der Waals surface area contributed by atoms with Crippen molar-refractivity contribution in [2.75, 3.05) is 0 Å². The first-order chi connectivity index (χ1) is 17.1. The Morgan fingerprint density at radius 3 is 1.86 bits per heavy atom. The summed E-state index contributed by atoms with van der Waals surface area (Å²) in [5.41, 5.74) is 2.00. The number of nitrogens with zero attached hydrogens (tertiary/aromatic N) is 2. The SMILES string of the molecule is Cc1c(C(=O)O)cccc1C(=O)O.O=C(O)c1cc(-c2ccccc2)n(-c2ccccc2[N+](=O)[O-])c1. The second-order valence-electron chi connectivity index (χ2n) is 7.49. The second-order valence-corrected chi connectivity index (χ2v) is 7.49. The van der Waals surface area contributed by atoms with Crippen LogP contribution in [0, 0.1) is 17.0 Å². The van der Waals surface area contributed by atoms with E-state index in [2.05, 4.69) is 0 Å². The Morgan fingerprint density at radius 2 is 1.33 bits per heavy atom. The number of hydrogen-bond acceptors (Lipinski definition) is 5. The van der Waals surface area contributed by atoms with Gasteiger partial charge in [-0.2, -0.15) is 0 Å². The summed E-state index contributed by atoms with van der Waals surface area (Å²) >= 11 is 0. The number of carboxylic acid groups (broad SMARTS) is 3. The fraction of sp³-hybridized carbons (Fsp3) is 0.0385. The Kier molecular flexibility index (Phi) is 7.60. The normalized spacial score (nSPS) is 10.1. The van der Waals surface area contributed by atoms with Crippen LogP contribution >= 0.6 is 0 Å². The summed E-state index contributed by atoms with van der Waals surface area (Å²) in [6.07, 6.45) is 1.40. The lowest BCUT2D eigenvalue weighted by molar-refractivity contribution is -0.384. The molecule has 0 radical (unpaired) electrons. The fourth-order valence-electron chi connectivity index (χ4n) is 3.53. The molecule has 0 bridgehead atoms. The van der Waals surface area contributed by atoms with Crippen LogP contribution in [0.3, 0.4) is 0 Å². The van der Waals surface area contributed by atoms with Crippen molar-refractivity contribution in [3.8, 4) is 16.9 Å². The highest BCUT2D eigenvalue weighted by Gasteiger charge is 2.20. The van der Waals surface area contributed by atoms with Crippen LogP contribution in [-0.2, 0) is 0 Å². The van der Waals surface area contributed by atoms with E-state index in [4.69, 9.17) is 10.2 Å². The third-order valence-corrected chi connectivity index (χ3v) is 5.27. The molecule has 182 valence electrons. The summed E-state index contributed by atoms with van der Waals surface area (Å²) in [5.74, 6) is -3.30. The van der Waals surface area contributed by atoms with Crippen molar-refractivity contribution >= 4 is 23.6 Å². The standard InChI is InChI=1S/C17H12N2O4.C9H8O4/c20-17(21)13-10-16(12-6-2-1-3-7-12)18(11-13)14-8-4-5-9-15(14)19(22)23;1-5-6(8(10)11)3-2-4-7(5)9(12)13/h1-11H,(H,20,21);2-4H,1H3,(H,10,11)(H,12,13). The van der Waals surface area contributed by atoms with Gasteiger partial charge in [0.1, 0.15) is 5.69 Å². The van der Waals surface area contributed by atoms with Crippen molar-refractivity contribution in [2.24, 2.45) is 0 Å². The third-order valence-electron chi connectivity index (χ3n) is 5.27. The van der Waals surface area contributed by atoms with E-state index in [9.17, 15) is 29.6 Å². The zero-order valence-corrected chi connectivity index (χ0v) is 18.9. The number of nitro groups is 1. The Labute approximate surface area is 204 Å². The molecule has 0 fully saturated rings. The van der Waals surface area contributed by atoms with E-state index in [1.807, 2.05) is 30.3 Å². The van der Waals surface area contributed by atoms with Crippen LogP contribution in [0.2, 0.25) is 0 Å². The summed E-state index contributed by atoms with van der Waals surface area (Å²) in [5, 5.41) is 37.9. The molecule has 1 heterocycles. The van der Waals surface area contributed by atoms with E-state index < -0.39 is 22.8 Å². The summed E-state index contributed by atoms with van der Waals surface area (Å²) in [7, 11) is 0. The first-order valence-corrected chi connectivity index (χ1v) is 10.4. The highest BCUT2D eigenvalue weighted by Crippen LogP contribution is 2.30. The number of aromatic nitrogens is 1. The zero-order chi connectivity index (χ0) is 26.4. The highest BCUT2D eigenvalue weighted by atomic mass is 16.6. The molecule has 4 aromatic rings. The number of hydrogen-bond donors (Lipinski definition) is 3. The number of nitro benzene ring substituents is 1. The number of benzene rings is 3. The maximum atomic E-state index is 11.3. The van der Waals surface area contributed by atoms with Gasteiger partial charge in [-0.15, -0.1) is 0 Å². The van der Waals surface area contributed by atoms with Gasteiger partial charge in [0.2, 0.25) is 0 Å². The van der Waals surface area contributed by atoms with Crippen LogP contribution in [0.15, 0.2) is 85.1 Å². The maximum Gasteiger partial charge on any atom is 0.337 e. The molecular formula is C26H20N2O8. The van der Waals surface area contributed by atoms with E-state index in [0.29, 0.717) is 11.4 Å². The molecule has 0 aliphatic rings. The topological polar surface area (TPSA) is 160 Å². The van der Waals surface area contributed by atoms with Crippen molar-refractivity contribution in [2.45, 2.75) is 6.92 Å². The molecule has 10 nitrogen and oxygen atoms in total. The lowest BCUT2D eigenvalue weighted by Crippen LogP contribution is -2.06. The number of carboxylic acids is 3. The molecule has 0 aliphatic heterocycles. The lowest BCUT2D eigenvalue weighted by atomic mass is 10.0. The second kappa shape index (κ2) is 10.8. The minimum atomic E-state index is -1.11. The van der Waals surface area contributed by atoms with Gasteiger partial charge in [-0.25, -0.2) is 14.4 Å². The van der Waals surface area contributed by atoms with Crippen molar-refractivity contribution in [1.29, 1.82) is 0 Å². The van der Waals surface area contributed by atoms with Crippen molar-refractivity contribution in [3.05, 3.63) is 117 Å². The third kappa shape index (κ3) is 5.45. The Bertz CT molecular complexity index is 1430. The number of rotatable bonds is 6. The molecule has 1 aromatic heterocycles. The molecule has 0 amide bonds. The molecule has 10 heteroatoms. The van der Waals surface area contributed by atoms with Gasteiger partial charge in [-0.05, 0) is 42.3 Å². The molecule has 3 aromatic carbocycles. The number of carbonyl (C=O) groups is 3. The van der Waals surface area contributed by atoms with Crippen LogP contribution < -0.4 is 0 Å². The van der Waals surface area contributed by atoms with Gasteiger partial charge in [0.15, 0.2) is 0 Å². The van der Waals surface area contributed by atoms with Crippen LogP contribution in [0.25, 0.3) is 16.9 Å². The molecule has 0 saturated carbocycles. The monoisotopic (exact) mass is 488 g/mol. The summed E-state index contributed by atoms with van der Waals surface area (Å²) < 4.78 is 1.54. The average Bonchev–Trinajstić information content (AvgIpc) is 3.30. The van der Waals surface area contributed by atoms with Gasteiger partial charge in [0.25, 0.3) is 5.69 Å². The maximum absolute atomic E-state index is 11.3. The minimum absolute atomic E-state index is 0.0277. The van der Waals surface area contributed by atoms with E-state index >= 15 is 0 Å². The average molecular weight is 488 g/mol. The van der Waals surface area contributed by atoms with E-state index in [0.717, 1.165) is 5.56 Å². The van der Waals surface area contributed by atoms with Gasteiger partial charge >= 0.3 is 17.9 Å². The molecule has 0 spiro atoms. The molecular weight excluding hydrogens is 468 g/mol. The van der Waals surface area contributed by atoms with Crippen LogP contribution in [0.1, 0.15) is 36.6 Å². The van der Waals surface area contributed by atoms with E-state index in [1.165, 1.54) is 48.0 Å². The summed E-state index contributed by atoms with van der Waals surface area (Å²) in [6, 6.07) is 21.1. The zero-order valence-electron chi connectivity index (χ0n) is 18.9. The van der Waals surface area contributed by atoms with Crippen molar-refractivity contribution in [1.82, 2.24) is 4.57 Å². The predicted octanol–water partition coefficient (Wildman–Crippen LogP) is 5.14. The lowest BCUT2D eigenvalue weighted by Gasteiger charge is -2.09. The predicted molar refractivity (Wildman–Crippen MR) is 130 cm³/mol. The molecule has 3 N–H and O–H groups in total. The molecule has 0 saturated heterocycles. The summed E-state index contributed by atoms with van der Waals surface area (Å²) in [4.78, 5) is 43.3. The van der Waals surface area contributed by atoms with Crippen molar-refractivity contribution in [3.63, 3.8) is 0 Å². The number of aromatic carboxylic acids is 3. The highest BCUT2D eigenvalue weighted by molar-refractivity contribution is 5.96. The van der Waals surface area contributed by atoms with Crippen LogP contribution in [-0.4, -0.2) is 42.7 Å². The van der Waals surface area contributed by atoms with E-state index in [1.54, 1.807) is 18.2 Å². The molecule has 36 heavy (non-hydrogen) atoms. The van der Waals surface area contributed by atoms with Crippen LogP contribution in [0.4, 0.5) is 5.69 Å². The van der Waals surface area contributed by atoms with Crippen molar-refractivity contribution < 1.29 is 34.6 Å². The molecule has 0 atom stereocenters. The van der Waals surface area contributed by atoms with E-state index in [-0.39, 0.29) is 27.9 Å². The largest absolute Gasteiger partial charge is 0.478 e. The number of para-hydroxylation sites is 2.